The molecule has 0 radical (unpaired) electrons. The monoisotopic (exact) mass is 226 g/mol. The van der Waals surface area contributed by atoms with Crippen molar-refractivity contribution in [1.29, 1.82) is 0 Å². The maximum absolute atomic E-state index is 5.84. The highest BCUT2D eigenvalue weighted by Gasteiger charge is 2.23. The highest BCUT2D eigenvalue weighted by Crippen LogP contribution is 2.30. The van der Waals surface area contributed by atoms with Crippen LogP contribution in [0.3, 0.4) is 0 Å². The fourth-order valence-electron chi connectivity index (χ4n) is 1.65. The number of unbranched alkanes of at least 4 members (excludes halogenated alkanes) is 2. The summed E-state index contributed by atoms with van der Waals surface area (Å²) in [4.78, 5) is 0. The molecule has 2 heteroatoms. The maximum Gasteiger partial charge on any atom is 0.103 e. The predicted octanol–water partition coefficient (Wildman–Crippen LogP) is 3.54. The van der Waals surface area contributed by atoms with E-state index in [0.717, 1.165) is 37.7 Å². The van der Waals surface area contributed by atoms with E-state index < -0.39 is 0 Å². The van der Waals surface area contributed by atoms with Gasteiger partial charge in [0.05, 0.1) is 6.61 Å². The Morgan fingerprint density at radius 3 is 2.80 bits per heavy atom. The Labute approximate surface area is 98.3 Å². The summed E-state index contributed by atoms with van der Waals surface area (Å²) < 4.78 is 5.84. The molecule has 15 heavy (non-hydrogen) atoms. The number of hydrogen-bond donors (Lipinski definition) is 0. The van der Waals surface area contributed by atoms with Crippen molar-refractivity contribution in [3.63, 3.8) is 0 Å². The fraction of sp³-hybridized carbons (Fsp3) is 0.846. The lowest BCUT2D eigenvalue weighted by Gasteiger charge is -2.30. The van der Waals surface area contributed by atoms with Gasteiger partial charge in [-0.25, -0.2) is 0 Å². The molecular weight excluding hydrogens is 204 g/mol. The molecule has 0 bridgehead atoms. The zero-order valence-corrected chi connectivity index (χ0v) is 10.7. The van der Waals surface area contributed by atoms with Crippen LogP contribution in [-0.4, -0.2) is 17.8 Å². The largest absolute Gasteiger partial charge is 0.367 e. The third kappa shape index (κ3) is 4.95. The van der Waals surface area contributed by atoms with Crippen LogP contribution in [0.25, 0.3) is 0 Å². The standard InChI is InChI=1S/C13H22OS/c1-4-5-6-7-8-13-14-9-12(10-15-13)11(2)3/h1,11-13H,5-10H2,2-3H3. The van der Waals surface area contributed by atoms with E-state index >= 15 is 0 Å². The van der Waals surface area contributed by atoms with Gasteiger partial charge in [0.15, 0.2) is 0 Å². The Balaban J connectivity index is 2.07. The molecule has 0 aromatic carbocycles. The summed E-state index contributed by atoms with van der Waals surface area (Å²) in [5.74, 6) is 5.44. The zero-order chi connectivity index (χ0) is 11.1. The van der Waals surface area contributed by atoms with Gasteiger partial charge in [0.25, 0.3) is 0 Å². The van der Waals surface area contributed by atoms with E-state index in [9.17, 15) is 0 Å². The minimum atomic E-state index is 0.428. The normalized spacial score (nSPS) is 26.5. The van der Waals surface area contributed by atoms with Crippen molar-refractivity contribution < 1.29 is 4.74 Å². The van der Waals surface area contributed by atoms with Crippen LogP contribution in [0.5, 0.6) is 0 Å². The first-order valence-electron chi connectivity index (χ1n) is 5.90. The van der Waals surface area contributed by atoms with Crippen molar-refractivity contribution in [2.45, 2.75) is 45.0 Å². The predicted molar refractivity (Wildman–Crippen MR) is 67.8 cm³/mol. The van der Waals surface area contributed by atoms with Crippen molar-refractivity contribution in [2.75, 3.05) is 12.4 Å². The molecule has 0 aliphatic carbocycles. The molecule has 1 heterocycles. The molecule has 0 N–H and O–H groups in total. The van der Waals surface area contributed by atoms with E-state index in [0.29, 0.717) is 5.44 Å². The lowest BCUT2D eigenvalue weighted by Crippen LogP contribution is -2.28. The van der Waals surface area contributed by atoms with Gasteiger partial charge < -0.3 is 4.74 Å². The lowest BCUT2D eigenvalue weighted by atomic mass is 9.99. The smallest absolute Gasteiger partial charge is 0.103 e. The number of thioether (sulfide) groups is 1. The number of rotatable bonds is 5. The van der Waals surface area contributed by atoms with Crippen LogP contribution in [0.4, 0.5) is 0 Å². The highest BCUT2D eigenvalue weighted by atomic mass is 32.2. The third-order valence-corrected chi connectivity index (χ3v) is 4.31. The minimum absolute atomic E-state index is 0.428. The summed E-state index contributed by atoms with van der Waals surface area (Å²) in [6.07, 6.45) is 9.63. The fourth-order valence-corrected chi connectivity index (χ4v) is 3.10. The number of terminal acetylenes is 1. The van der Waals surface area contributed by atoms with E-state index in [-0.39, 0.29) is 0 Å². The van der Waals surface area contributed by atoms with Crippen molar-refractivity contribution in [3.8, 4) is 12.3 Å². The van der Waals surface area contributed by atoms with Crippen molar-refractivity contribution in [1.82, 2.24) is 0 Å². The molecule has 0 spiro atoms. The molecule has 0 aromatic rings. The summed E-state index contributed by atoms with van der Waals surface area (Å²) >= 11 is 1.98. The first kappa shape index (κ1) is 12.9. The molecule has 86 valence electrons. The van der Waals surface area contributed by atoms with Crippen LogP contribution in [0.2, 0.25) is 0 Å². The second kappa shape index (κ2) is 7.19. The van der Waals surface area contributed by atoms with Crippen LogP contribution in [0.15, 0.2) is 0 Å². The topological polar surface area (TPSA) is 9.23 Å². The van der Waals surface area contributed by atoms with Crippen LogP contribution in [-0.2, 0) is 4.74 Å². The Kier molecular flexibility index (Phi) is 6.20. The van der Waals surface area contributed by atoms with Crippen molar-refractivity contribution in [2.24, 2.45) is 11.8 Å². The van der Waals surface area contributed by atoms with Gasteiger partial charge in [0.1, 0.15) is 5.44 Å². The lowest BCUT2D eigenvalue weighted by molar-refractivity contribution is 0.0575. The van der Waals surface area contributed by atoms with E-state index in [4.69, 9.17) is 11.2 Å². The Morgan fingerprint density at radius 2 is 2.27 bits per heavy atom. The van der Waals surface area contributed by atoms with Gasteiger partial charge in [-0.15, -0.1) is 24.1 Å². The molecule has 0 saturated carbocycles. The van der Waals surface area contributed by atoms with Crippen molar-refractivity contribution >= 4 is 11.8 Å². The molecule has 1 aliphatic rings. The number of hydrogen-bond acceptors (Lipinski definition) is 2. The van der Waals surface area contributed by atoms with E-state index in [1.165, 1.54) is 12.2 Å². The van der Waals surface area contributed by atoms with Gasteiger partial charge in [0.2, 0.25) is 0 Å². The first-order chi connectivity index (χ1) is 7.24. The van der Waals surface area contributed by atoms with Gasteiger partial charge in [0, 0.05) is 12.2 Å². The van der Waals surface area contributed by atoms with Gasteiger partial charge in [-0.1, -0.05) is 13.8 Å². The Bertz CT molecular complexity index is 199. The average Bonchev–Trinajstić information content (AvgIpc) is 2.25. The molecule has 1 fully saturated rings. The van der Waals surface area contributed by atoms with Gasteiger partial charge in [-0.2, -0.15) is 0 Å². The van der Waals surface area contributed by atoms with Gasteiger partial charge in [-0.05, 0) is 31.1 Å². The summed E-state index contributed by atoms with van der Waals surface area (Å²) in [5, 5.41) is 0. The van der Waals surface area contributed by atoms with E-state index in [1.54, 1.807) is 0 Å². The summed E-state index contributed by atoms with van der Waals surface area (Å²) in [6.45, 7) is 5.51. The van der Waals surface area contributed by atoms with Crippen LogP contribution in [0, 0.1) is 24.2 Å². The quantitative estimate of drug-likeness (QED) is 0.524. The van der Waals surface area contributed by atoms with Crippen LogP contribution < -0.4 is 0 Å². The third-order valence-electron chi connectivity index (χ3n) is 2.95. The van der Waals surface area contributed by atoms with Crippen molar-refractivity contribution in [3.05, 3.63) is 0 Å². The molecule has 2 unspecified atom stereocenters. The maximum atomic E-state index is 5.84. The molecule has 1 rings (SSSR count). The molecule has 0 amide bonds. The molecule has 1 aliphatic heterocycles. The summed E-state index contributed by atoms with van der Waals surface area (Å²) in [5.41, 5.74) is 0.428. The SMILES string of the molecule is C#CCCCCC1OCC(C(C)C)CS1. The zero-order valence-electron chi connectivity index (χ0n) is 9.87. The molecule has 1 nitrogen and oxygen atoms in total. The average molecular weight is 226 g/mol. The Morgan fingerprint density at radius 1 is 1.47 bits per heavy atom. The molecular formula is C13H22OS. The second-order valence-corrected chi connectivity index (χ2v) is 5.74. The summed E-state index contributed by atoms with van der Waals surface area (Å²) in [6, 6.07) is 0. The van der Waals surface area contributed by atoms with E-state index in [2.05, 4.69) is 19.8 Å². The van der Waals surface area contributed by atoms with Crippen LogP contribution >= 0.6 is 11.8 Å². The van der Waals surface area contributed by atoms with Gasteiger partial charge in [-0.3, -0.25) is 0 Å². The van der Waals surface area contributed by atoms with E-state index in [1.807, 2.05) is 11.8 Å². The number of ether oxygens (including phenoxy) is 1. The molecule has 0 aromatic heterocycles. The summed E-state index contributed by atoms with van der Waals surface area (Å²) in [7, 11) is 0. The minimum Gasteiger partial charge on any atom is -0.367 e. The Hall–Kier alpha value is -0.130. The first-order valence-corrected chi connectivity index (χ1v) is 6.95. The molecule has 1 saturated heterocycles. The van der Waals surface area contributed by atoms with Gasteiger partial charge >= 0.3 is 0 Å². The van der Waals surface area contributed by atoms with Crippen LogP contribution in [0.1, 0.15) is 39.5 Å². The molecule has 2 atom stereocenters. The highest BCUT2D eigenvalue weighted by molar-refractivity contribution is 7.99. The second-order valence-electron chi connectivity index (χ2n) is 4.55.